The first-order chi connectivity index (χ1) is 18.5. The highest BCUT2D eigenvalue weighted by Crippen LogP contribution is 2.41. The number of ether oxygens (including phenoxy) is 2. The van der Waals surface area contributed by atoms with Gasteiger partial charge in [-0.3, -0.25) is 19.4 Å². The zero-order valence-corrected chi connectivity index (χ0v) is 23.5. The van der Waals surface area contributed by atoms with Crippen LogP contribution in [0.3, 0.4) is 0 Å². The number of likely N-dealkylation sites (tertiary alicyclic amines) is 1. The molecular weight excluding hydrogens is 524 g/mol. The molecule has 2 unspecified atom stereocenters. The van der Waals surface area contributed by atoms with Crippen LogP contribution in [-0.2, 0) is 19.1 Å². The van der Waals surface area contributed by atoms with Crippen LogP contribution in [0, 0.1) is 0 Å². The molecule has 2 aromatic rings. The summed E-state index contributed by atoms with van der Waals surface area (Å²) in [6, 6.07) is 2.36. The van der Waals surface area contributed by atoms with Crippen molar-refractivity contribution in [3.63, 3.8) is 0 Å². The van der Waals surface area contributed by atoms with E-state index in [0.29, 0.717) is 30.3 Å². The van der Waals surface area contributed by atoms with E-state index >= 15 is 0 Å². The summed E-state index contributed by atoms with van der Waals surface area (Å²) in [6.45, 7) is 8.76. The van der Waals surface area contributed by atoms with E-state index in [0.717, 1.165) is 0 Å². The summed E-state index contributed by atoms with van der Waals surface area (Å²) in [6.07, 6.45) is 2.97. The van der Waals surface area contributed by atoms with Gasteiger partial charge >= 0.3 is 12.1 Å². The normalized spacial score (nSPS) is 22.1. The SMILES string of the molecule is CCOC(=O)C1(N2CCCC2NC(=O)[C@H](C)NC(=O)OC(C)(C)C)CN(c2nccs2)c2ncccc2C1=O. The average molecular weight is 559 g/mol. The monoisotopic (exact) mass is 558 g/mol. The Morgan fingerprint density at radius 3 is 2.69 bits per heavy atom. The van der Waals surface area contributed by atoms with E-state index < -0.39 is 47.1 Å². The number of hydrogen-bond acceptors (Lipinski definition) is 11. The molecule has 39 heavy (non-hydrogen) atoms. The highest BCUT2D eigenvalue weighted by Gasteiger charge is 2.60. The van der Waals surface area contributed by atoms with Crippen molar-refractivity contribution in [3.05, 3.63) is 35.5 Å². The minimum Gasteiger partial charge on any atom is -0.464 e. The minimum absolute atomic E-state index is 0.0761. The van der Waals surface area contributed by atoms with Crippen LogP contribution < -0.4 is 15.5 Å². The highest BCUT2D eigenvalue weighted by molar-refractivity contribution is 7.13. The van der Waals surface area contributed by atoms with Crippen molar-refractivity contribution >= 4 is 46.0 Å². The molecule has 0 radical (unpaired) electrons. The molecule has 12 nitrogen and oxygen atoms in total. The second-order valence-electron chi connectivity index (χ2n) is 10.4. The second-order valence-corrected chi connectivity index (χ2v) is 11.3. The lowest BCUT2D eigenvalue weighted by molar-refractivity contribution is -0.155. The Balaban J connectivity index is 1.66. The Morgan fingerprint density at radius 1 is 1.26 bits per heavy atom. The molecule has 0 aromatic carbocycles. The summed E-state index contributed by atoms with van der Waals surface area (Å²) in [7, 11) is 0. The van der Waals surface area contributed by atoms with Gasteiger partial charge in [0, 0.05) is 24.3 Å². The molecule has 2 N–H and O–H groups in total. The minimum atomic E-state index is -1.76. The molecule has 2 aromatic heterocycles. The van der Waals surface area contributed by atoms with Gasteiger partial charge < -0.3 is 20.1 Å². The molecule has 0 aliphatic carbocycles. The molecule has 4 heterocycles. The summed E-state index contributed by atoms with van der Waals surface area (Å²) < 4.78 is 10.7. The summed E-state index contributed by atoms with van der Waals surface area (Å²) in [5.41, 5.74) is -2.21. The van der Waals surface area contributed by atoms with Crippen LogP contribution in [0.25, 0.3) is 0 Å². The number of ketones is 1. The second kappa shape index (κ2) is 11.3. The van der Waals surface area contributed by atoms with Gasteiger partial charge in [-0.2, -0.15) is 0 Å². The number of amides is 2. The van der Waals surface area contributed by atoms with Gasteiger partial charge in [0.05, 0.1) is 24.9 Å². The van der Waals surface area contributed by atoms with E-state index in [2.05, 4.69) is 20.6 Å². The van der Waals surface area contributed by atoms with Crippen LogP contribution in [-0.4, -0.2) is 81.7 Å². The number of rotatable bonds is 7. The molecule has 1 fully saturated rings. The predicted octanol–water partition coefficient (Wildman–Crippen LogP) is 2.63. The van der Waals surface area contributed by atoms with Gasteiger partial charge in [0.15, 0.2) is 10.9 Å². The van der Waals surface area contributed by atoms with Crippen molar-refractivity contribution in [2.75, 3.05) is 24.6 Å². The number of nitrogens with zero attached hydrogens (tertiary/aromatic N) is 4. The van der Waals surface area contributed by atoms with Crippen molar-refractivity contribution in [2.24, 2.45) is 0 Å². The van der Waals surface area contributed by atoms with E-state index in [1.54, 1.807) is 67.4 Å². The van der Waals surface area contributed by atoms with Crippen LogP contribution >= 0.6 is 11.3 Å². The Labute approximate surface area is 231 Å². The first-order valence-corrected chi connectivity index (χ1v) is 13.8. The maximum Gasteiger partial charge on any atom is 0.408 e. The van der Waals surface area contributed by atoms with Crippen LogP contribution in [0.1, 0.15) is 57.8 Å². The zero-order valence-electron chi connectivity index (χ0n) is 22.7. The molecule has 4 rings (SSSR count). The van der Waals surface area contributed by atoms with Gasteiger partial charge in [-0.05, 0) is 59.6 Å². The zero-order chi connectivity index (χ0) is 28.4. The predicted molar refractivity (Wildman–Crippen MR) is 144 cm³/mol. The molecule has 3 atom stereocenters. The molecule has 0 saturated carbocycles. The average Bonchev–Trinajstić information content (AvgIpc) is 3.56. The first-order valence-electron chi connectivity index (χ1n) is 12.9. The molecule has 0 spiro atoms. The number of aromatic nitrogens is 2. The van der Waals surface area contributed by atoms with E-state index in [1.165, 1.54) is 18.3 Å². The van der Waals surface area contributed by atoms with E-state index in [1.807, 2.05) is 0 Å². The molecule has 2 amide bonds. The van der Waals surface area contributed by atoms with Crippen LogP contribution in [0.15, 0.2) is 29.9 Å². The Bertz CT molecular complexity index is 1230. The van der Waals surface area contributed by atoms with E-state index in [-0.39, 0.29) is 18.7 Å². The molecular formula is C26H34N6O6S. The van der Waals surface area contributed by atoms with Crippen molar-refractivity contribution in [2.45, 2.75) is 70.8 Å². The smallest absolute Gasteiger partial charge is 0.408 e. The Hall–Kier alpha value is -3.58. The lowest BCUT2D eigenvalue weighted by atomic mass is 9.83. The number of anilines is 2. The molecule has 2 aliphatic heterocycles. The largest absolute Gasteiger partial charge is 0.464 e. The van der Waals surface area contributed by atoms with Crippen LogP contribution in [0.4, 0.5) is 15.7 Å². The summed E-state index contributed by atoms with van der Waals surface area (Å²) in [5, 5.41) is 7.83. The van der Waals surface area contributed by atoms with Crippen molar-refractivity contribution in [3.8, 4) is 0 Å². The molecule has 1 saturated heterocycles. The van der Waals surface area contributed by atoms with Crippen molar-refractivity contribution < 1.29 is 28.7 Å². The fourth-order valence-corrected chi connectivity index (χ4v) is 5.50. The van der Waals surface area contributed by atoms with Gasteiger partial charge in [0.1, 0.15) is 17.5 Å². The van der Waals surface area contributed by atoms with Gasteiger partial charge in [-0.1, -0.05) is 0 Å². The number of Topliss-reactive ketones (excluding diaryl/α,β-unsaturated/α-hetero) is 1. The topological polar surface area (TPSA) is 143 Å². The van der Waals surface area contributed by atoms with Crippen molar-refractivity contribution in [1.82, 2.24) is 25.5 Å². The maximum absolute atomic E-state index is 14.2. The number of pyridine rings is 1. The van der Waals surface area contributed by atoms with Gasteiger partial charge in [-0.15, -0.1) is 11.3 Å². The summed E-state index contributed by atoms with van der Waals surface area (Å²) in [5.74, 6) is -1.21. The van der Waals surface area contributed by atoms with Crippen LogP contribution in [0.5, 0.6) is 0 Å². The highest BCUT2D eigenvalue weighted by atomic mass is 32.1. The molecule has 2 aliphatic rings. The number of nitrogens with one attached hydrogen (secondary N) is 2. The third-order valence-corrected chi connectivity index (χ3v) is 7.29. The number of hydrogen-bond donors (Lipinski definition) is 2. The van der Waals surface area contributed by atoms with Crippen molar-refractivity contribution in [1.29, 1.82) is 0 Å². The summed E-state index contributed by atoms with van der Waals surface area (Å²) >= 11 is 1.36. The van der Waals surface area contributed by atoms with Gasteiger partial charge in [0.25, 0.3) is 0 Å². The number of carbonyl (C=O) groups excluding carboxylic acids is 4. The quantitative estimate of drug-likeness (QED) is 0.384. The van der Waals surface area contributed by atoms with Gasteiger partial charge in [0.2, 0.25) is 11.4 Å². The lowest BCUT2D eigenvalue weighted by Crippen LogP contribution is -2.70. The van der Waals surface area contributed by atoms with Gasteiger partial charge in [-0.25, -0.2) is 19.6 Å². The number of thiazole rings is 1. The molecule has 0 bridgehead atoms. The number of carbonyl (C=O) groups is 4. The Morgan fingerprint density at radius 2 is 2.03 bits per heavy atom. The number of fused-ring (bicyclic) bond motifs is 1. The Kier molecular flexibility index (Phi) is 8.21. The fraction of sp³-hybridized carbons (Fsp3) is 0.538. The number of alkyl carbamates (subject to hydrolysis) is 1. The third kappa shape index (κ3) is 5.74. The first kappa shape index (κ1) is 28.4. The van der Waals surface area contributed by atoms with E-state index in [9.17, 15) is 19.2 Å². The lowest BCUT2D eigenvalue weighted by Gasteiger charge is -2.46. The van der Waals surface area contributed by atoms with E-state index in [4.69, 9.17) is 9.47 Å². The maximum atomic E-state index is 14.2. The standard InChI is InChI=1S/C26H34N6O6S/c1-6-37-22(35)26(15-31(23-28-12-14-39-23)20-17(19(26)33)9-7-11-27-20)32-13-8-10-18(32)30-21(34)16(2)29-24(36)38-25(3,4)5/h7,9,11-12,14,16,18H,6,8,10,13,15H2,1-5H3,(H,29,36)(H,30,34)/t16-,18?,26?/m0/s1. The number of esters is 1. The summed E-state index contributed by atoms with van der Waals surface area (Å²) in [4.78, 5) is 65.6. The molecule has 13 heteroatoms. The fourth-order valence-electron chi connectivity index (χ4n) is 4.85. The molecule has 210 valence electrons. The third-order valence-electron chi connectivity index (χ3n) is 6.49. The van der Waals surface area contributed by atoms with Crippen LogP contribution in [0.2, 0.25) is 0 Å².